The van der Waals surface area contributed by atoms with Crippen molar-refractivity contribution in [1.29, 1.82) is 0 Å². The van der Waals surface area contributed by atoms with Crippen molar-refractivity contribution < 1.29 is 16.8 Å². The summed E-state index contributed by atoms with van der Waals surface area (Å²) in [7, 11) is -5.99. The van der Waals surface area contributed by atoms with Crippen LogP contribution in [0.3, 0.4) is 0 Å². The van der Waals surface area contributed by atoms with Gasteiger partial charge in [-0.3, -0.25) is 0 Å². The fourth-order valence-corrected chi connectivity index (χ4v) is 3.26. The summed E-state index contributed by atoms with van der Waals surface area (Å²) in [6.07, 6.45) is 4.38. The molecule has 17 heavy (non-hydrogen) atoms. The van der Waals surface area contributed by atoms with Gasteiger partial charge in [0.05, 0.1) is 5.75 Å². The number of sulfone groups is 2. The summed E-state index contributed by atoms with van der Waals surface area (Å²) < 4.78 is 44.4. The first-order chi connectivity index (χ1) is 7.64. The largest absolute Gasteiger partial charge is 0.313 e. The van der Waals surface area contributed by atoms with Crippen molar-refractivity contribution in [3.63, 3.8) is 0 Å². The third-order valence-corrected chi connectivity index (χ3v) is 4.29. The minimum atomic E-state index is -3.03. The van der Waals surface area contributed by atoms with Crippen molar-refractivity contribution in [1.82, 2.24) is 5.32 Å². The van der Waals surface area contributed by atoms with E-state index in [1.165, 1.54) is 12.5 Å². The van der Waals surface area contributed by atoms with Crippen LogP contribution >= 0.6 is 0 Å². The molecule has 0 saturated carbocycles. The Bertz CT molecular complexity index is 400. The topological polar surface area (TPSA) is 80.3 Å². The average Bonchev–Trinajstić information content (AvgIpc) is 2.09. The van der Waals surface area contributed by atoms with Gasteiger partial charge in [0.25, 0.3) is 0 Å². The summed E-state index contributed by atoms with van der Waals surface area (Å²) in [5.41, 5.74) is 0. The summed E-state index contributed by atoms with van der Waals surface area (Å²) in [5.74, 6) is 0.178. The lowest BCUT2D eigenvalue weighted by molar-refractivity contribution is 0.500. The number of hydrogen-bond donors (Lipinski definition) is 1. The molecule has 1 unspecified atom stereocenters. The SMILES string of the molecule is CCCNC(CCCS(C)(=O)=O)CS(C)(=O)=O. The van der Waals surface area contributed by atoms with Crippen LogP contribution < -0.4 is 5.32 Å². The average molecular weight is 285 g/mol. The zero-order valence-corrected chi connectivity index (χ0v) is 12.4. The van der Waals surface area contributed by atoms with E-state index in [0.717, 1.165) is 13.0 Å². The molecule has 5 nitrogen and oxygen atoms in total. The van der Waals surface area contributed by atoms with Crippen LogP contribution in [-0.2, 0) is 19.7 Å². The smallest absolute Gasteiger partial charge is 0.148 e. The van der Waals surface area contributed by atoms with Crippen LogP contribution in [0.4, 0.5) is 0 Å². The molecular weight excluding hydrogens is 262 g/mol. The van der Waals surface area contributed by atoms with Gasteiger partial charge in [0.2, 0.25) is 0 Å². The quantitative estimate of drug-likeness (QED) is 0.655. The van der Waals surface area contributed by atoms with Gasteiger partial charge in [-0.2, -0.15) is 0 Å². The van der Waals surface area contributed by atoms with Gasteiger partial charge in [-0.05, 0) is 25.8 Å². The predicted octanol–water partition coefficient (Wildman–Crippen LogP) is 0.224. The molecule has 0 rings (SSSR count). The maximum Gasteiger partial charge on any atom is 0.148 e. The van der Waals surface area contributed by atoms with Gasteiger partial charge in [-0.25, -0.2) is 16.8 Å². The lowest BCUT2D eigenvalue weighted by Gasteiger charge is -2.17. The van der Waals surface area contributed by atoms with Crippen LogP contribution in [0.5, 0.6) is 0 Å². The highest BCUT2D eigenvalue weighted by Crippen LogP contribution is 2.03. The molecule has 0 saturated heterocycles. The summed E-state index contributed by atoms with van der Waals surface area (Å²) >= 11 is 0. The van der Waals surface area contributed by atoms with Gasteiger partial charge in [0.15, 0.2) is 0 Å². The Balaban J connectivity index is 4.20. The van der Waals surface area contributed by atoms with Gasteiger partial charge < -0.3 is 5.32 Å². The molecule has 0 aliphatic rings. The van der Waals surface area contributed by atoms with E-state index in [-0.39, 0.29) is 17.5 Å². The van der Waals surface area contributed by atoms with Gasteiger partial charge in [-0.1, -0.05) is 6.92 Å². The highest BCUT2D eigenvalue weighted by atomic mass is 32.2. The van der Waals surface area contributed by atoms with Gasteiger partial charge in [0, 0.05) is 24.3 Å². The number of nitrogens with one attached hydrogen (secondary N) is 1. The zero-order chi connectivity index (χ0) is 13.5. The molecule has 0 fully saturated rings. The molecule has 0 amide bonds. The second-order valence-electron chi connectivity index (χ2n) is 4.52. The molecular formula is C10H23NO4S2. The van der Waals surface area contributed by atoms with Crippen molar-refractivity contribution in [2.24, 2.45) is 0 Å². The van der Waals surface area contributed by atoms with Crippen molar-refractivity contribution >= 4 is 19.7 Å². The van der Waals surface area contributed by atoms with Crippen molar-refractivity contribution in [3.8, 4) is 0 Å². The minimum absolute atomic E-state index is 0.0662. The van der Waals surface area contributed by atoms with E-state index in [0.29, 0.717) is 12.8 Å². The van der Waals surface area contributed by atoms with Crippen LogP contribution in [0.25, 0.3) is 0 Å². The molecule has 0 bridgehead atoms. The normalized spacial score (nSPS) is 14.8. The predicted molar refractivity (Wildman–Crippen MR) is 70.7 cm³/mol. The first kappa shape index (κ1) is 16.9. The molecule has 0 aromatic heterocycles. The fourth-order valence-electron chi connectivity index (χ4n) is 1.55. The molecule has 0 aliphatic heterocycles. The van der Waals surface area contributed by atoms with E-state index in [1.54, 1.807) is 0 Å². The van der Waals surface area contributed by atoms with Crippen molar-refractivity contribution in [3.05, 3.63) is 0 Å². The van der Waals surface area contributed by atoms with Crippen LogP contribution in [-0.4, -0.2) is 53.4 Å². The molecule has 0 radical (unpaired) electrons. The number of rotatable bonds is 9. The first-order valence-corrected chi connectivity index (χ1v) is 9.85. The van der Waals surface area contributed by atoms with Crippen molar-refractivity contribution in [2.75, 3.05) is 30.6 Å². The molecule has 0 aromatic carbocycles. The second-order valence-corrected chi connectivity index (χ2v) is 8.96. The van der Waals surface area contributed by atoms with E-state index < -0.39 is 19.7 Å². The van der Waals surface area contributed by atoms with E-state index in [4.69, 9.17) is 0 Å². The molecule has 104 valence electrons. The Labute approximate surface area is 105 Å². The molecule has 1 N–H and O–H groups in total. The molecule has 0 heterocycles. The van der Waals surface area contributed by atoms with Crippen LogP contribution in [0, 0.1) is 0 Å². The Morgan fingerprint density at radius 3 is 2.06 bits per heavy atom. The third kappa shape index (κ3) is 12.1. The maximum atomic E-state index is 11.2. The minimum Gasteiger partial charge on any atom is -0.313 e. The zero-order valence-electron chi connectivity index (χ0n) is 10.8. The summed E-state index contributed by atoms with van der Waals surface area (Å²) in [5, 5.41) is 3.14. The monoisotopic (exact) mass is 285 g/mol. The Morgan fingerprint density at radius 2 is 1.65 bits per heavy atom. The Morgan fingerprint density at radius 1 is 1.06 bits per heavy atom. The summed E-state index contributed by atoms with van der Waals surface area (Å²) in [6, 6.07) is -0.147. The third-order valence-electron chi connectivity index (χ3n) is 2.25. The van der Waals surface area contributed by atoms with Gasteiger partial charge in [0.1, 0.15) is 19.7 Å². The van der Waals surface area contributed by atoms with Crippen LogP contribution in [0.2, 0.25) is 0 Å². The summed E-state index contributed by atoms with van der Waals surface area (Å²) in [6.45, 7) is 2.75. The van der Waals surface area contributed by atoms with E-state index in [2.05, 4.69) is 5.32 Å². The highest BCUT2D eigenvalue weighted by molar-refractivity contribution is 7.90. The maximum absolute atomic E-state index is 11.2. The fraction of sp³-hybridized carbons (Fsp3) is 1.00. The molecule has 0 aliphatic carbocycles. The van der Waals surface area contributed by atoms with E-state index in [1.807, 2.05) is 6.92 Å². The van der Waals surface area contributed by atoms with E-state index >= 15 is 0 Å². The van der Waals surface area contributed by atoms with Crippen LogP contribution in [0.15, 0.2) is 0 Å². The van der Waals surface area contributed by atoms with Crippen LogP contribution in [0.1, 0.15) is 26.2 Å². The molecule has 0 aromatic rings. The van der Waals surface area contributed by atoms with E-state index in [9.17, 15) is 16.8 Å². The lowest BCUT2D eigenvalue weighted by Crippen LogP contribution is -2.36. The number of hydrogen-bond acceptors (Lipinski definition) is 5. The lowest BCUT2D eigenvalue weighted by atomic mass is 10.2. The second kappa shape index (κ2) is 7.33. The molecule has 7 heteroatoms. The first-order valence-electron chi connectivity index (χ1n) is 5.73. The summed E-state index contributed by atoms with van der Waals surface area (Å²) in [4.78, 5) is 0. The van der Waals surface area contributed by atoms with Gasteiger partial charge >= 0.3 is 0 Å². The Kier molecular flexibility index (Phi) is 7.27. The molecule has 1 atom stereocenters. The highest BCUT2D eigenvalue weighted by Gasteiger charge is 2.15. The standard InChI is InChI=1S/C10H23NO4S2/c1-4-7-11-10(9-17(3,14)15)6-5-8-16(2,12)13/h10-11H,4-9H2,1-3H3. The Hall–Kier alpha value is -0.140. The molecule has 0 spiro atoms. The van der Waals surface area contributed by atoms with Gasteiger partial charge in [-0.15, -0.1) is 0 Å². The van der Waals surface area contributed by atoms with Crippen molar-refractivity contribution in [2.45, 2.75) is 32.2 Å².